The Morgan fingerprint density at radius 1 is 1.00 bits per heavy atom. The quantitative estimate of drug-likeness (QED) is 0.445. The number of ether oxygens (including phenoxy) is 3. The Morgan fingerprint density at radius 2 is 1.63 bits per heavy atom. The lowest BCUT2D eigenvalue weighted by molar-refractivity contribution is -0.141. The first kappa shape index (κ1) is 24.7. The Labute approximate surface area is 203 Å². The van der Waals surface area contributed by atoms with Crippen molar-refractivity contribution in [2.75, 3.05) is 39.6 Å². The Bertz CT molecular complexity index is 1020. The number of carboxylic acids is 1. The van der Waals surface area contributed by atoms with Crippen molar-refractivity contribution in [3.63, 3.8) is 0 Å². The molecule has 186 valence electrons. The van der Waals surface area contributed by atoms with Gasteiger partial charge in [-0.2, -0.15) is 0 Å². The molecule has 0 spiro atoms. The second kappa shape index (κ2) is 11.3. The van der Waals surface area contributed by atoms with E-state index in [0.717, 1.165) is 22.3 Å². The van der Waals surface area contributed by atoms with Crippen molar-refractivity contribution in [2.24, 2.45) is 0 Å². The first-order valence-corrected chi connectivity index (χ1v) is 11.7. The summed E-state index contributed by atoms with van der Waals surface area (Å²) in [6, 6.07) is 16.2. The summed E-state index contributed by atoms with van der Waals surface area (Å²) >= 11 is 0. The number of carboxylic acid groups (broad SMARTS) is 1. The number of rotatable bonds is 10. The molecular formula is C26H30N2O7. The van der Waals surface area contributed by atoms with E-state index in [1.165, 1.54) is 0 Å². The monoisotopic (exact) mass is 482 g/mol. The molecule has 1 fully saturated rings. The maximum atomic E-state index is 12.3. The van der Waals surface area contributed by atoms with Crippen LogP contribution in [0.25, 0.3) is 11.1 Å². The molecule has 2 aliphatic rings. The fourth-order valence-electron chi connectivity index (χ4n) is 4.77. The van der Waals surface area contributed by atoms with E-state index in [-0.39, 0.29) is 38.7 Å². The van der Waals surface area contributed by atoms with E-state index in [4.69, 9.17) is 14.2 Å². The Balaban J connectivity index is 1.17. The van der Waals surface area contributed by atoms with Gasteiger partial charge >= 0.3 is 12.1 Å². The summed E-state index contributed by atoms with van der Waals surface area (Å²) in [6.45, 7) is 1.09. The highest BCUT2D eigenvalue weighted by Crippen LogP contribution is 2.44. The number of hydrogen-bond donors (Lipinski definition) is 3. The van der Waals surface area contributed by atoms with Crippen LogP contribution in [0.2, 0.25) is 0 Å². The molecule has 4 rings (SSSR count). The van der Waals surface area contributed by atoms with E-state index >= 15 is 0 Å². The molecular weight excluding hydrogens is 452 g/mol. The Hall–Kier alpha value is -3.43. The molecule has 0 radical (unpaired) electrons. The number of amides is 2. The van der Waals surface area contributed by atoms with Crippen LogP contribution < -0.4 is 10.6 Å². The van der Waals surface area contributed by atoms with E-state index in [9.17, 15) is 19.5 Å². The van der Waals surface area contributed by atoms with Crippen LogP contribution in [0, 0.1) is 0 Å². The predicted molar refractivity (Wildman–Crippen MR) is 127 cm³/mol. The molecule has 1 aliphatic heterocycles. The standard InChI is InChI=1S/C26H30N2O7/c29-23(28-26(15-24(30)31)9-12-33-13-10-26)17-34-14-11-27-25(32)35-16-22-20-7-3-1-5-18(20)19-6-2-4-8-21(19)22/h1-8,22H,9-17H2,(H,27,32)(H,28,29)(H,30,31). The second-order valence-corrected chi connectivity index (χ2v) is 8.82. The van der Waals surface area contributed by atoms with Crippen LogP contribution in [0.5, 0.6) is 0 Å². The van der Waals surface area contributed by atoms with E-state index < -0.39 is 23.5 Å². The normalized spacial score (nSPS) is 16.1. The third-order valence-corrected chi connectivity index (χ3v) is 6.44. The van der Waals surface area contributed by atoms with Gasteiger partial charge in [-0.3, -0.25) is 9.59 Å². The lowest BCUT2D eigenvalue weighted by Crippen LogP contribution is -2.54. The van der Waals surface area contributed by atoms with Gasteiger partial charge in [-0.1, -0.05) is 48.5 Å². The molecule has 1 aliphatic carbocycles. The van der Waals surface area contributed by atoms with Gasteiger partial charge in [0, 0.05) is 25.7 Å². The Kier molecular flexibility index (Phi) is 7.99. The zero-order valence-electron chi connectivity index (χ0n) is 19.5. The first-order chi connectivity index (χ1) is 17.0. The van der Waals surface area contributed by atoms with Gasteiger partial charge in [0.05, 0.1) is 18.6 Å². The van der Waals surface area contributed by atoms with E-state index in [1.807, 2.05) is 24.3 Å². The minimum atomic E-state index is -0.972. The van der Waals surface area contributed by atoms with Crippen molar-refractivity contribution >= 4 is 18.0 Å². The smallest absolute Gasteiger partial charge is 0.407 e. The van der Waals surface area contributed by atoms with Crippen molar-refractivity contribution in [3.05, 3.63) is 59.7 Å². The van der Waals surface area contributed by atoms with E-state index in [2.05, 4.69) is 34.9 Å². The SMILES string of the molecule is O=C(O)CC1(NC(=O)COCCNC(=O)OCC2c3ccccc3-c3ccccc32)CCOCC1. The van der Waals surface area contributed by atoms with Crippen LogP contribution >= 0.6 is 0 Å². The molecule has 2 aromatic rings. The third-order valence-electron chi connectivity index (χ3n) is 6.44. The van der Waals surface area contributed by atoms with Crippen LogP contribution in [0.4, 0.5) is 4.79 Å². The van der Waals surface area contributed by atoms with Crippen LogP contribution in [0.15, 0.2) is 48.5 Å². The average molecular weight is 483 g/mol. The molecule has 9 nitrogen and oxygen atoms in total. The zero-order chi connectivity index (χ0) is 24.7. The van der Waals surface area contributed by atoms with Crippen molar-refractivity contribution in [1.82, 2.24) is 10.6 Å². The van der Waals surface area contributed by atoms with Gasteiger partial charge in [-0.15, -0.1) is 0 Å². The topological polar surface area (TPSA) is 123 Å². The molecule has 0 bridgehead atoms. The van der Waals surface area contributed by atoms with Crippen molar-refractivity contribution in [2.45, 2.75) is 30.7 Å². The fourth-order valence-corrected chi connectivity index (χ4v) is 4.77. The summed E-state index contributed by atoms with van der Waals surface area (Å²) in [7, 11) is 0. The van der Waals surface area contributed by atoms with Crippen molar-refractivity contribution in [3.8, 4) is 11.1 Å². The first-order valence-electron chi connectivity index (χ1n) is 11.7. The summed E-state index contributed by atoms with van der Waals surface area (Å²) in [4.78, 5) is 35.7. The van der Waals surface area contributed by atoms with Gasteiger partial charge in [0.1, 0.15) is 13.2 Å². The lowest BCUT2D eigenvalue weighted by Gasteiger charge is -2.36. The second-order valence-electron chi connectivity index (χ2n) is 8.82. The highest BCUT2D eigenvalue weighted by Gasteiger charge is 2.36. The molecule has 1 saturated heterocycles. The third kappa shape index (κ3) is 6.17. The zero-order valence-corrected chi connectivity index (χ0v) is 19.5. The number of carbonyl (C=O) groups is 3. The summed E-state index contributed by atoms with van der Waals surface area (Å²) in [6.07, 6.45) is 0.163. The van der Waals surface area contributed by atoms with Crippen molar-refractivity contribution in [1.29, 1.82) is 0 Å². The molecule has 0 saturated carbocycles. The lowest BCUT2D eigenvalue weighted by atomic mass is 9.86. The van der Waals surface area contributed by atoms with E-state index in [1.54, 1.807) is 0 Å². The van der Waals surface area contributed by atoms with E-state index in [0.29, 0.717) is 26.1 Å². The van der Waals surface area contributed by atoms with Crippen molar-refractivity contribution < 1.29 is 33.7 Å². The van der Waals surface area contributed by atoms with Crippen LogP contribution in [-0.2, 0) is 23.8 Å². The summed E-state index contributed by atoms with van der Waals surface area (Å²) in [5.41, 5.74) is 3.79. The number of aliphatic carboxylic acids is 1. The molecule has 0 aromatic heterocycles. The molecule has 0 unspecified atom stereocenters. The minimum absolute atomic E-state index is 0.0172. The molecule has 9 heteroatoms. The highest BCUT2D eigenvalue weighted by atomic mass is 16.5. The van der Waals surface area contributed by atoms with Crippen LogP contribution in [0.1, 0.15) is 36.3 Å². The van der Waals surface area contributed by atoms with Gasteiger partial charge in [-0.25, -0.2) is 4.79 Å². The number of hydrogen-bond acceptors (Lipinski definition) is 6. The molecule has 2 aromatic carbocycles. The van der Waals surface area contributed by atoms with Gasteiger partial charge in [0.2, 0.25) is 5.91 Å². The van der Waals surface area contributed by atoms with Gasteiger partial charge in [0.15, 0.2) is 0 Å². The number of alkyl carbamates (subject to hydrolysis) is 1. The summed E-state index contributed by atoms with van der Waals surface area (Å²) in [5, 5.41) is 14.6. The molecule has 0 atom stereocenters. The highest BCUT2D eigenvalue weighted by molar-refractivity contribution is 5.80. The summed E-state index contributed by atoms with van der Waals surface area (Å²) in [5.74, 6) is -1.38. The number of nitrogens with one attached hydrogen (secondary N) is 2. The predicted octanol–water partition coefficient (Wildman–Crippen LogP) is 2.68. The number of benzene rings is 2. The molecule has 1 heterocycles. The minimum Gasteiger partial charge on any atom is -0.481 e. The fraction of sp³-hybridized carbons (Fsp3) is 0.423. The van der Waals surface area contributed by atoms with Gasteiger partial charge < -0.3 is 30.0 Å². The molecule has 2 amide bonds. The maximum Gasteiger partial charge on any atom is 0.407 e. The average Bonchev–Trinajstić information content (AvgIpc) is 3.16. The van der Waals surface area contributed by atoms with Gasteiger partial charge in [0.25, 0.3) is 0 Å². The maximum absolute atomic E-state index is 12.3. The number of carbonyl (C=O) groups excluding carboxylic acids is 2. The Morgan fingerprint density at radius 3 is 2.26 bits per heavy atom. The molecule has 35 heavy (non-hydrogen) atoms. The molecule has 3 N–H and O–H groups in total. The van der Waals surface area contributed by atoms with Gasteiger partial charge in [-0.05, 0) is 35.1 Å². The van der Waals surface area contributed by atoms with Crippen LogP contribution in [-0.4, -0.2) is 68.2 Å². The number of fused-ring (bicyclic) bond motifs is 3. The summed E-state index contributed by atoms with van der Waals surface area (Å²) < 4.78 is 16.1. The largest absolute Gasteiger partial charge is 0.481 e. The van der Waals surface area contributed by atoms with Crippen LogP contribution in [0.3, 0.4) is 0 Å².